The van der Waals surface area contributed by atoms with Crippen molar-refractivity contribution in [1.29, 1.82) is 0 Å². The first-order chi connectivity index (χ1) is 8.72. The highest BCUT2D eigenvalue weighted by Crippen LogP contribution is 2.35. The molecule has 1 saturated heterocycles. The number of halogens is 2. The predicted molar refractivity (Wildman–Crippen MR) is 69.2 cm³/mol. The molecule has 0 bridgehead atoms. The number of ether oxygens (including phenoxy) is 1. The molecular formula is C14H17ClFNO. The Morgan fingerprint density at radius 2 is 2.22 bits per heavy atom. The van der Waals surface area contributed by atoms with E-state index in [4.69, 9.17) is 16.3 Å². The quantitative estimate of drug-likeness (QED) is 0.836. The molecule has 1 aromatic rings. The van der Waals surface area contributed by atoms with Gasteiger partial charge in [-0.05, 0) is 30.9 Å². The number of morpholine rings is 1. The van der Waals surface area contributed by atoms with Gasteiger partial charge >= 0.3 is 0 Å². The van der Waals surface area contributed by atoms with Crippen molar-refractivity contribution in [3.63, 3.8) is 0 Å². The summed E-state index contributed by atoms with van der Waals surface area (Å²) in [4.78, 5) is 2.28. The van der Waals surface area contributed by atoms with E-state index in [1.54, 1.807) is 12.1 Å². The minimum absolute atomic E-state index is 0.211. The van der Waals surface area contributed by atoms with Crippen molar-refractivity contribution in [1.82, 2.24) is 4.90 Å². The summed E-state index contributed by atoms with van der Waals surface area (Å²) in [5, 5.41) is 0.453. The van der Waals surface area contributed by atoms with Crippen molar-refractivity contribution in [3.8, 4) is 0 Å². The van der Waals surface area contributed by atoms with Crippen LogP contribution in [-0.4, -0.2) is 30.7 Å². The second kappa shape index (κ2) is 5.16. The van der Waals surface area contributed by atoms with Crippen molar-refractivity contribution < 1.29 is 9.13 Å². The normalized spacial score (nSPS) is 25.3. The fourth-order valence-corrected chi connectivity index (χ4v) is 2.68. The lowest BCUT2D eigenvalue weighted by atomic mass is 10.1. The molecule has 4 heteroatoms. The maximum atomic E-state index is 13.7. The average molecular weight is 270 g/mol. The zero-order chi connectivity index (χ0) is 12.5. The molecule has 0 amide bonds. The molecule has 1 heterocycles. The molecule has 1 aliphatic heterocycles. The van der Waals surface area contributed by atoms with E-state index in [9.17, 15) is 4.39 Å². The zero-order valence-corrected chi connectivity index (χ0v) is 11.0. The van der Waals surface area contributed by atoms with Crippen LogP contribution in [0.25, 0.3) is 0 Å². The van der Waals surface area contributed by atoms with Gasteiger partial charge in [-0.2, -0.15) is 0 Å². The van der Waals surface area contributed by atoms with E-state index in [2.05, 4.69) is 4.90 Å². The molecule has 0 aromatic heterocycles. The second-order valence-corrected chi connectivity index (χ2v) is 5.65. The van der Waals surface area contributed by atoms with E-state index in [-0.39, 0.29) is 5.82 Å². The Labute approximate surface area is 112 Å². The molecular weight excluding hydrogens is 253 g/mol. The van der Waals surface area contributed by atoms with Crippen LogP contribution in [-0.2, 0) is 11.3 Å². The summed E-state index contributed by atoms with van der Waals surface area (Å²) in [7, 11) is 0. The summed E-state index contributed by atoms with van der Waals surface area (Å²) >= 11 is 5.76. The first kappa shape index (κ1) is 12.4. The molecule has 1 unspecified atom stereocenters. The van der Waals surface area contributed by atoms with Crippen LogP contribution in [0.5, 0.6) is 0 Å². The molecule has 18 heavy (non-hydrogen) atoms. The predicted octanol–water partition coefficient (Wildman–Crippen LogP) is 3.09. The summed E-state index contributed by atoms with van der Waals surface area (Å²) in [6, 6.07) is 4.91. The summed E-state index contributed by atoms with van der Waals surface area (Å²) in [5.74, 6) is 0.528. The molecule has 3 rings (SSSR count). The van der Waals surface area contributed by atoms with Crippen LogP contribution in [0.15, 0.2) is 18.2 Å². The Balaban J connectivity index is 1.64. The van der Waals surface area contributed by atoms with Crippen LogP contribution < -0.4 is 0 Å². The molecule has 0 N–H and O–H groups in total. The minimum Gasteiger partial charge on any atom is -0.375 e. The monoisotopic (exact) mass is 269 g/mol. The third-order valence-corrected chi connectivity index (χ3v) is 3.97. The van der Waals surface area contributed by atoms with E-state index in [0.717, 1.165) is 31.2 Å². The molecule has 2 nitrogen and oxygen atoms in total. The van der Waals surface area contributed by atoms with E-state index in [1.165, 1.54) is 18.9 Å². The highest BCUT2D eigenvalue weighted by molar-refractivity contribution is 6.30. The van der Waals surface area contributed by atoms with Crippen LogP contribution in [0.3, 0.4) is 0 Å². The van der Waals surface area contributed by atoms with Crippen molar-refractivity contribution >= 4 is 11.6 Å². The van der Waals surface area contributed by atoms with E-state index in [1.807, 2.05) is 0 Å². The molecule has 2 fully saturated rings. The first-order valence-corrected chi connectivity index (χ1v) is 6.88. The third-order valence-electron chi connectivity index (χ3n) is 3.73. The van der Waals surface area contributed by atoms with Crippen molar-refractivity contribution in [2.45, 2.75) is 25.5 Å². The first-order valence-electron chi connectivity index (χ1n) is 6.50. The Morgan fingerprint density at radius 1 is 1.39 bits per heavy atom. The Bertz CT molecular complexity index is 436. The molecule has 0 radical (unpaired) electrons. The standard InChI is InChI=1S/C14H17ClFNO/c15-12-4-3-11(13(16)7-12)8-17-5-6-18-14(9-17)10-1-2-10/h3-4,7,10,14H,1-2,5-6,8-9H2. The highest BCUT2D eigenvalue weighted by atomic mass is 35.5. The second-order valence-electron chi connectivity index (χ2n) is 5.22. The number of rotatable bonds is 3. The molecule has 2 aliphatic rings. The zero-order valence-electron chi connectivity index (χ0n) is 10.2. The number of hydrogen-bond acceptors (Lipinski definition) is 2. The van der Waals surface area contributed by atoms with Crippen LogP contribution in [0.1, 0.15) is 18.4 Å². The molecule has 1 aromatic carbocycles. The molecule has 98 valence electrons. The van der Waals surface area contributed by atoms with Gasteiger partial charge in [0.1, 0.15) is 5.82 Å². The lowest BCUT2D eigenvalue weighted by Gasteiger charge is -2.33. The van der Waals surface area contributed by atoms with E-state index < -0.39 is 0 Å². The topological polar surface area (TPSA) is 12.5 Å². The van der Waals surface area contributed by atoms with Gasteiger partial charge in [-0.25, -0.2) is 4.39 Å². The summed E-state index contributed by atoms with van der Waals surface area (Å²) < 4.78 is 19.5. The highest BCUT2D eigenvalue weighted by Gasteiger charge is 2.35. The minimum atomic E-state index is -0.211. The summed E-state index contributed by atoms with van der Waals surface area (Å²) in [6.45, 7) is 3.21. The van der Waals surface area contributed by atoms with Crippen molar-refractivity contribution in [2.24, 2.45) is 5.92 Å². The van der Waals surface area contributed by atoms with Gasteiger partial charge in [0.25, 0.3) is 0 Å². The van der Waals surface area contributed by atoms with Gasteiger partial charge < -0.3 is 4.74 Å². The van der Waals surface area contributed by atoms with Gasteiger partial charge in [0.15, 0.2) is 0 Å². The van der Waals surface area contributed by atoms with Gasteiger partial charge in [0, 0.05) is 30.2 Å². The maximum absolute atomic E-state index is 13.7. The van der Waals surface area contributed by atoms with Gasteiger partial charge in [-0.3, -0.25) is 4.90 Å². The Hall–Kier alpha value is -0.640. The fourth-order valence-electron chi connectivity index (χ4n) is 2.52. The largest absolute Gasteiger partial charge is 0.375 e. The van der Waals surface area contributed by atoms with Gasteiger partial charge in [0.2, 0.25) is 0 Å². The van der Waals surface area contributed by atoms with Crippen molar-refractivity contribution in [3.05, 3.63) is 34.6 Å². The number of benzene rings is 1. The molecule has 1 aliphatic carbocycles. The van der Waals surface area contributed by atoms with Crippen LogP contribution in [0.4, 0.5) is 4.39 Å². The van der Waals surface area contributed by atoms with Crippen molar-refractivity contribution in [2.75, 3.05) is 19.7 Å². The van der Waals surface area contributed by atoms with Gasteiger partial charge in [-0.1, -0.05) is 17.7 Å². The molecule has 1 saturated carbocycles. The summed E-state index contributed by atoms with van der Waals surface area (Å²) in [6.07, 6.45) is 2.93. The van der Waals surface area contributed by atoms with Crippen LogP contribution >= 0.6 is 11.6 Å². The fraction of sp³-hybridized carbons (Fsp3) is 0.571. The SMILES string of the molecule is Fc1cc(Cl)ccc1CN1CCOC(C2CC2)C1. The Morgan fingerprint density at radius 3 is 2.94 bits per heavy atom. The smallest absolute Gasteiger partial charge is 0.129 e. The number of hydrogen-bond donors (Lipinski definition) is 0. The van der Waals surface area contributed by atoms with E-state index >= 15 is 0 Å². The maximum Gasteiger partial charge on any atom is 0.129 e. The molecule has 1 atom stereocenters. The lowest BCUT2D eigenvalue weighted by molar-refractivity contribution is -0.0421. The van der Waals surface area contributed by atoms with Gasteiger partial charge in [0.05, 0.1) is 12.7 Å². The Kier molecular flexibility index (Phi) is 3.55. The average Bonchev–Trinajstić information content (AvgIpc) is 3.17. The van der Waals surface area contributed by atoms with Crippen LogP contribution in [0.2, 0.25) is 5.02 Å². The molecule has 0 spiro atoms. The lowest BCUT2D eigenvalue weighted by Crippen LogP contribution is -2.43. The third kappa shape index (κ3) is 2.85. The van der Waals surface area contributed by atoms with Gasteiger partial charge in [-0.15, -0.1) is 0 Å². The van der Waals surface area contributed by atoms with E-state index in [0.29, 0.717) is 17.7 Å². The van der Waals surface area contributed by atoms with Crippen LogP contribution in [0, 0.1) is 11.7 Å². The summed E-state index contributed by atoms with van der Waals surface area (Å²) in [5.41, 5.74) is 0.718. The number of nitrogens with zero attached hydrogens (tertiary/aromatic N) is 1.